The van der Waals surface area contributed by atoms with E-state index in [-0.39, 0.29) is 0 Å². The summed E-state index contributed by atoms with van der Waals surface area (Å²) in [6, 6.07) is 16.2. The minimum Gasteiger partial charge on any atom is -0.496 e. The molecule has 0 aliphatic carbocycles. The minimum atomic E-state index is 0.835. The van der Waals surface area contributed by atoms with Crippen LogP contribution in [0.4, 0.5) is 5.69 Å². The number of halogens is 1. The van der Waals surface area contributed by atoms with Gasteiger partial charge in [-0.1, -0.05) is 54.1 Å². The number of ether oxygens (including phenoxy) is 1. The predicted molar refractivity (Wildman–Crippen MR) is 102 cm³/mol. The van der Waals surface area contributed by atoms with E-state index in [9.17, 15) is 0 Å². The van der Waals surface area contributed by atoms with Crippen LogP contribution in [0.25, 0.3) is 6.08 Å². The third-order valence-corrected chi connectivity index (χ3v) is 4.68. The summed E-state index contributed by atoms with van der Waals surface area (Å²) in [5.74, 6) is 0.914. The summed E-state index contributed by atoms with van der Waals surface area (Å²) in [5, 5.41) is 0.835. The molecule has 0 bridgehead atoms. The second-order valence-corrected chi connectivity index (χ2v) is 6.29. The van der Waals surface area contributed by atoms with Crippen molar-refractivity contribution in [1.29, 1.82) is 0 Å². The van der Waals surface area contributed by atoms with Crippen LogP contribution in [-0.2, 0) is 0 Å². The normalized spacial score (nSPS) is 15.8. The highest BCUT2D eigenvalue weighted by Gasteiger charge is 2.17. The molecule has 2 aromatic rings. The predicted octanol–water partition coefficient (Wildman–Crippen LogP) is 4.18. The van der Waals surface area contributed by atoms with Crippen molar-refractivity contribution in [2.45, 2.75) is 0 Å². The number of nitrogens with zero attached hydrogens (tertiary/aromatic N) is 2. The zero-order valence-electron chi connectivity index (χ0n) is 14.0. The molecular weight excluding hydrogens is 320 g/mol. The van der Waals surface area contributed by atoms with E-state index in [2.05, 4.69) is 34.1 Å². The van der Waals surface area contributed by atoms with Crippen molar-refractivity contribution in [3.05, 3.63) is 65.2 Å². The largest absolute Gasteiger partial charge is 0.496 e. The molecule has 0 N–H and O–H groups in total. The maximum atomic E-state index is 6.30. The van der Waals surface area contributed by atoms with Crippen LogP contribution in [0.15, 0.2) is 54.6 Å². The molecule has 0 spiro atoms. The van der Waals surface area contributed by atoms with Crippen molar-refractivity contribution in [2.75, 3.05) is 44.7 Å². The van der Waals surface area contributed by atoms with E-state index in [1.165, 1.54) is 0 Å². The van der Waals surface area contributed by atoms with Crippen molar-refractivity contribution in [3.8, 4) is 5.75 Å². The second kappa shape index (κ2) is 8.22. The Kier molecular flexibility index (Phi) is 5.78. The zero-order valence-corrected chi connectivity index (χ0v) is 14.7. The van der Waals surface area contributed by atoms with Crippen molar-refractivity contribution in [3.63, 3.8) is 0 Å². The number of piperazine rings is 1. The Labute approximate surface area is 149 Å². The van der Waals surface area contributed by atoms with Gasteiger partial charge in [0.05, 0.1) is 17.8 Å². The molecule has 0 atom stereocenters. The number of hydrogen-bond acceptors (Lipinski definition) is 3. The fourth-order valence-corrected chi connectivity index (χ4v) is 3.27. The van der Waals surface area contributed by atoms with Gasteiger partial charge >= 0.3 is 0 Å². The first kappa shape index (κ1) is 16.9. The van der Waals surface area contributed by atoms with Gasteiger partial charge in [-0.3, -0.25) is 4.90 Å². The molecule has 0 unspecified atom stereocenters. The average molecular weight is 343 g/mol. The van der Waals surface area contributed by atoms with Crippen LogP contribution in [0.5, 0.6) is 5.75 Å². The number of hydrogen-bond donors (Lipinski definition) is 0. The topological polar surface area (TPSA) is 15.7 Å². The summed E-state index contributed by atoms with van der Waals surface area (Å²) in [6.07, 6.45) is 4.35. The first-order valence-electron chi connectivity index (χ1n) is 8.29. The molecule has 3 rings (SSSR count). The van der Waals surface area contributed by atoms with Gasteiger partial charge in [0, 0.05) is 38.3 Å². The summed E-state index contributed by atoms with van der Waals surface area (Å²) in [6.45, 7) is 5.05. The average Bonchev–Trinajstić information content (AvgIpc) is 2.63. The quantitative estimate of drug-likeness (QED) is 0.810. The molecule has 126 valence electrons. The van der Waals surface area contributed by atoms with Gasteiger partial charge in [-0.05, 0) is 18.2 Å². The molecule has 0 saturated carbocycles. The first-order valence-corrected chi connectivity index (χ1v) is 8.67. The maximum absolute atomic E-state index is 6.30. The van der Waals surface area contributed by atoms with E-state index in [0.29, 0.717) is 0 Å². The molecular formula is C20H23ClN2O. The summed E-state index contributed by atoms with van der Waals surface area (Å²) < 4.78 is 5.38. The molecule has 1 aliphatic heterocycles. The monoisotopic (exact) mass is 342 g/mol. The van der Waals surface area contributed by atoms with Crippen LogP contribution in [0, 0.1) is 0 Å². The van der Waals surface area contributed by atoms with Gasteiger partial charge < -0.3 is 9.64 Å². The van der Waals surface area contributed by atoms with E-state index in [1.54, 1.807) is 7.11 Å². The van der Waals surface area contributed by atoms with Crippen LogP contribution in [0.2, 0.25) is 5.02 Å². The molecule has 1 heterocycles. The Morgan fingerprint density at radius 2 is 1.71 bits per heavy atom. The zero-order chi connectivity index (χ0) is 16.8. The molecule has 3 nitrogen and oxygen atoms in total. The SMILES string of the molecule is COc1ccccc1C=CCN1CCN(c2ccccc2Cl)CC1. The van der Waals surface area contributed by atoms with Crippen LogP contribution in [0.1, 0.15) is 5.56 Å². The summed E-state index contributed by atoms with van der Waals surface area (Å²) in [5.41, 5.74) is 2.26. The van der Waals surface area contributed by atoms with E-state index < -0.39 is 0 Å². The third-order valence-electron chi connectivity index (χ3n) is 4.37. The number of benzene rings is 2. The highest BCUT2D eigenvalue weighted by Crippen LogP contribution is 2.26. The van der Waals surface area contributed by atoms with E-state index in [0.717, 1.165) is 54.7 Å². The second-order valence-electron chi connectivity index (χ2n) is 5.88. The van der Waals surface area contributed by atoms with Gasteiger partial charge in [-0.15, -0.1) is 0 Å². The van der Waals surface area contributed by atoms with Crippen LogP contribution >= 0.6 is 11.6 Å². The summed E-state index contributed by atoms with van der Waals surface area (Å²) in [4.78, 5) is 4.82. The number of anilines is 1. The first-order chi connectivity index (χ1) is 11.8. The molecule has 1 saturated heterocycles. The fraction of sp³-hybridized carbons (Fsp3) is 0.300. The Bertz CT molecular complexity index is 694. The Hall–Kier alpha value is -1.97. The summed E-state index contributed by atoms with van der Waals surface area (Å²) in [7, 11) is 1.71. The molecule has 0 aromatic heterocycles. The smallest absolute Gasteiger partial charge is 0.126 e. The van der Waals surface area contributed by atoms with Crippen LogP contribution < -0.4 is 9.64 Å². The van der Waals surface area contributed by atoms with Gasteiger partial charge in [0.2, 0.25) is 0 Å². The van der Waals surface area contributed by atoms with Gasteiger partial charge in [0.1, 0.15) is 5.75 Å². The fourth-order valence-electron chi connectivity index (χ4n) is 3.01. The maximum Gasteiger partial charge on any atom is 0.126 e. The van der Waals surface area contributed by atoms with Gasteiger partial charge in [-0.2, -0.15) is 0 Å². The number of methoxy groups -OCH3 is 1. The van der Waals surface area contributed by atoms with Gasteiger partial charge in [0.15, 0.2) is 0 Å². The summed E-state index contributed by atoms with van der Waals surface area (Å²) >= 11 is 6.30. The molecule has 24 heavy (non-hydrogen) atoms. The lowest BCUT2D eigenvalue weighted by Gasteiger charge is -2.36. The molecule has 2 aromatic carbocycles. The number of para-hydroxylation sites is 2. The molecule has 0 amide bonds. The molecule has 0 radical (unpaired) electrons. The molecule has 4 heteroatoms. The van der Waals surface area contributed by atoms with Crippen LogP contribution in [-0.4, -0.2) is 44.7 Å². The van der Waals surface area contributed by atoms with Crippen molar-refractivity contribution >= 4 is 23.4 Å². The Morgan fingerprint density at radius 3 is 2.46 bits per heavy atom. The van der Waals surface area contributed by atoms with Gasteiger partial charge in [0.25, 0.3) is 0 Å². The standard InChI is InChI=1S/C20H23ClN2O/c1-24-20-11-5-2-7-17(20)8-6-12-22-13-15-23(16-14-22)19-10-4-3-9-18(19)21/h2-11H,12-16H2,1H3. The molecule has 1 aliphatic rings. The third kappa shape index (κ3) is 4.11. The van der Waals surface area contributed by atoms with Crippen molar-refractivity contribution in [1.82, 2.24) is 4.90 Å². The minimum absolute atomic E-state index is 0.835. The highest BCUT2D eigenvalue weighted by molar-refractivity contribution is 6.33. The van der Waals surface area contributed by atoms with Gasteiger partial charge in [-0.25, -0.2) is 0 Å². The van der Waals surface area contributed by atoms with Crippen LogP contribution in [0.3, 0.4) is 0 Å². The number of rotatable bonds is 5. The lowest BCUT2D eigenvalue weighted by atomic mass is 10.2. The van der Waals surface area contributed by atoms with E-state index >= 15 is 0 Å². The van der Waals surface area contributed by atoms with Crippen molar-refractivity contribution < 1.29 is 4.74 Å². The van der Waals surface area contributed by atoms with Crippen molar-refractivity contribution in [2.24, 2.45) is 0 Å². The molecule has 1 fully saturated rings. The Morgan fingerprint density at radius 1 is 1.00 bits per heavy atom. The van der Waals surface area contributed by atoms with E-state index in [4.69, 9.17) is 16.3 Å². The lowest BCUT2D eigenvalue weighted by Crippen LogP contribution is -2.46. The highest BCUT2D eigenvalue weighted by atomic mass is 35.5. The lowest BCUT2D eigenvalue weighted by molar-refractivity contribution is 0.284. The Balaban J connectivity index is 1.52. The van der Waals surface area contributed by atoms with E-state index in [1.807, 2.05) is 36.4 Å².